The molecule has 0 aliphatic carbocycles. The van der Waals surface area contributed by atoms with E-state index in [0.717, 1.165) is 38.6 Å². The van der Waals surface area contributed by atoms with Crippen LogP contribution in [0.25, 0.3) is 0 Å². The van der Waals surface area contributed by atoms with Crippen LogP contribution in [0.5, 0.6) is 5.75 Å². The number of hydrogen-bond donors (Lipinski definition) is 1. The molecule has 13 nitrogen and oxygen atoms in total. The zero-order chi connectivity index (χ0) is 37.5. The topological polar surface area (TPSA) is 152 Å². The molecule has 1 atom stereocenters. The molecular formula is C36H39N3O10S2. The van der Waals surface area contributed by atoms with Crippen molar-refractivity contribution >= 4 is 58.8 Å². The highest BCUT2D eigenvalue weighted by Crippen LogP contribution is 2.44. The molecule has 0 aromatic heterocycles. The van der Waals surface area contributed by atoms with Crippen molar-refractivity contribution in [2.45, 2.75) is 48.7 Å². The van der Waals surface area contributed by atoms with E-state index in [9.17, 15) is 24.0 Å². The van der Waals surface area contributed by atoms with Crippen molar-refractivity contribution in [3.8, 4) is 5.75 Å². The number of carboxylic acids is 1. The first-order chi connectivity index (χ1) is 24.1. The number of aliphatic carboxylic acids is 1. The average molecular weight is 738 g/mol. The van der Waals surface area contributed by atoms with Crippen molar-refractivity contribution in [2.24, 2.45) is 0 Å². The molecule has 0 bridgehead atoms. The molecule has 3 aromatic carbocycles. The SMILES string of the molecule is CON(C)C(=O)c1ccc(SC2=C(Sc3ccc(C(=O)N(C)OC)cc3)C(=O)N(c3ccc(OC(C)(C)COC(C)CC(=O)O)cc3)C2=O)cc1. The summed E-state index contributed by atoms with van der Waals surface area (Å²) in [6.45, 7) is 5.41. The zero-order valence-electron chi connectivity index (χ0n) is 29.2. The third-order valence-electron chi connectivity index (χ3n) is 7.43. The summed E-state index contributed by atoms with van der Waals surface area (Å²) in [5.41, 5.74) is 0.273. The summed E-state index contributed by atoms with van der Waals surface area (Å²) in [4.78, 5) is 76.6. The van der Waals surface area contributed by atoms with Gasteiger partial charge in [-0.3, -0.25) is 33.6 Å². The first kappa shape index (κ1) is 39.1. The van der Waals surface area contributed by atoms with E-state index in [4.69, 9.17) is 24.3 Å². The fourth-order valence-corrected chi connectivity index (χ4v) is 6.64. The Bertz CT molecular complexity index is 1710. The number of hydroxylamine groups is 4. The van der Waals surface area contributed by atoms with Crippen LogP contribution in [0.3, 0.4) is 0 Å². The zero-order valence-corrected chi connectivity index (χ0v) is 30.8. The van der Waals surface area contributed by atoms with Gasteiger partial charge in [0.1, 0.15) is 11.4 Å². The van der Waals surface area contributed by atoms with Crippen molar-refractivity contribution in [2.75, 3.05) is 39.8 Å². The van der Waals surface area contributed by atoms with E-state index in [1.165, 1.54) is 28.3 Å². The number of carbonyl (C=O) groups excluding carboxylic acids is 4. The van der Waals surface area contributed by atoms with Crippen LogP contribution in [0, 0.1) is 0 Å². The maximum Gasteiger partial charge on any atom is 0.305 e. The van der Waals surface area contributed by atoms with Gasteiger partial charge in [-0.2, -0.15) is 0 Å². The highest BCUT2D eigenvalue weighted by molar-refractivity contribution is 8.08. The number of thioether (sulfide) groups is 2. The minimum absolute atomic E-state index is 0.133. The lowest BCUT2D eigenvalue weighted by atomic mass is 10.1. The lowest BCUT2D eigenvalue weighted by Gasteiger charge is -2.28. The molecule has 15 heteroatoms. The van der Waals surface area contributed by atoms with Crippen LogP contribution in [0.2, 0.25) is 0 Å². The second-order valence-electron chi connectivity index (χ2n) is 11.9. The number of imide groups is 1. The molecule has 0 radical (unpaired) electrons. The van der Waals surface area contributed by atoms with E-state index in [1.54, 1.807) is 93.6 Å². The molecule has 1 unspecified atom stereocenters. The van der Waals surface area contributed by atoms with Gasteiger partial charge in [0, 0.05) is 35.0 Å². The van der Waals surface area contributed by atoms with Gasteiger partial charge in [0.25, 0.3) is 23.6 Å². The van der Waals surface area contributed by atoms with Crippen LogP contribution in [0.15, 0.2) is 92.4 Å². The Balaban J connectivity index is 1.59. The summed E-state index contributed by atoms with van der Waals surface area (Å²) in [6.07, 6.45) is -0.632. The van der Waals surface area contributed by atoms with E-state index in [2.05, 4.69) is 0 Å². The number of rotatable bonds is 16. The Hall–Kier alpha value is -4.67. The maximum atomic E-state index is 14.0. The third kappa shape index (κ3) is 9.98. The summed E-state index contributed by atoms with van der Waals surface area (Å²) < 4.78 is 11.7. The standard InChI is InChI=1S/C36H39N3O10S2/c1-22(20-29(40)41)48-21-36(2,3)49-26-14-12-25(13-15-26)39-34(44)30(50-27-16-8-23(9-17-27)32(42)37(4)46-6)31(35(39)45)51-28-18-10-24(11-19-28)33(43)38(5)47-7/h8-19,22H,20-21H2,1-7H3,(H,40,41). The molecule has 1 aliphatic rings. The molecule has 1 N–H and O–H groups in total. The molecule has 0 fully saturated rings. The summed E-state index contributed by atoms with van der Waals surface area (Å²) in [5, 5.41) is 11.2. The smallest absolute Gasteiger partial charge is 0.305 e. The Morgan fingerprint density at radius 1 is 0.765 bits per heavy atom. The highest BCUT2D eigenvalue weighted by Gasteiger charge is 2.40. The number of carbonyl (C=O) groups is 5. The summed E-state index contributed by atoms with van der Waals surface area (Å²) in [6, 6.07) is 19.6. The predicted octanol–water partition coefficient (Wildman–Crippen LogP) is 5.66. The lowest BCUT2D eigenvalue weighted by Crippen LogP contribution is -2.36. The molecule has 3 aromatic rings. The van der Waals surface area contributed by atoms with Gasteiger partial charge in [0.2, 0.25) is 0 Å². The molecule has 0 saturated carbocycles. The number of anilines is 1. The second kappa shape index (κ2) is 17.0. The number of carboxylic acid groups (broad SMARTS) is 1. The minimum Gasteiger partial charge on any atom is -0.485 e. The van der Waals surface area contributed by atoms with Crippen LogP contribution in [0.4, 0.5) is 5.69 Å². The van der Waals surface area contributed by atoms with Crippen LogP contribution >= 0.6 is 23.5 Å². The monoisotopic (exact) mass is 737 g/mol. The van der Waals surface area contributed by atoms with Crippen molar-refractivity contribution in [3.05, 3.63) is 93.7 Å². The molecule has 0 saturated heterocycles. The van der Waals surface area contributed by atoms with Gasteiger partial charge in [0.05, 0.1) is 48.8 Å². The van der Waals surface area contributed by atoms with Crippen LogP contribution in [-0.4, -0.2) is 91.5 Å². The molecule has 1 aliphatic heterocycles. The average Bonchev–Trinajstić information content (AvgIpc) is 3.33. The van der Waals surface area contributed by atoms with Gasteiger partial charge in [0.15, 0.2) is 0 Å². The van der Waals surface area contributed by atoms with Crippen molar-refractivity contribution in [1.29, 1.82) is 0 Å². The van der Waals surface area contributed by atoms with Gasteiger partial charge < -0.3 is 14.6 Å². The van der Waals surface area contributed by atoms with E-state index in [1.807, 2.05) is 0 Å². The van der Waals surface area contributed by atoms with Crippen molar-refractivity contribution < 1.29 is 48.2 Å². The van der Waals surface area contributed by atoms with E-state index in [0.29, 0.717) is 32.4 Å². The molecule has 0 spiro atoms. The minimum atomic E-state index is -0.957. The molecule has 51 heavy (non-hydrogen) atoms. The fourth-order valence-electron chi connectivity index (χ4n) is 4.66. The Morgan fingerprint density at radius 3 is 1.59 bits per heavy atom. The van der Waals surface area contributed by atoms with E-state index in [-0.39, 0.29) is 34.7 Å². The van der Waals surface area contributed by atoms with Crippen LogP contribution in [0.1, 0.15) is 47.9 Å². The number of nitrogens with zero attached hydrogens (tertiary/aromatic N) is 3. The lowest BCUT2D eigenvalue weighted by molar-refractivity contribution is -0.141. The van der Waals surface area contributed by atoms with Crippen molar-refractivity contribution in [1.82, 2.24) is 10.1 Å². The third-order valence-corrected chi connectivity index (χ3v) is 9.74. The molecule has 270 valence electrons. The normalized spacial score (nSPS) is 13.7. The number of ether oxygens (including phenoxy) is 2. The Morgan fingerprint density at radius 2 is 1.20 bits per heavy atom. The fraction of sp³-hybridized carbons (Fsp3) is 0.306. The van der Waals surface area contributed by atoms with E-state index < -0.39 is 29.5 Å². The van der Waals surface area contributed by atoms with Crippen LogP contribution < -0.4 is 9.64 Å². The number of benzene rings is 3. The molecule has 4 amide bonds. The second-order valence-corrected chi connectivity index (χ2v) is 14.1. The first-order valence-corrected chi connectivity index (χ1v) is 17.2. The Kier molecular flexibility index (Phi) is 13.1. The summed E-state index contributed by atoms with van der Waals surface area (Å²) >= 11 is 2.20. The largest absolute Gasteiger partial charge is 0.485 e. The van der Waals surface area contributed by atoms with Gasteiger partial charge in [-0.1, -0.05) is 23.5 Å². The maximum absolute atomic E-state index is 14.0. The first-order valence-electron chi connectivity index (χ1n) is 15.6. The summed E-state index contributed by atoms with van der Waals surface area (Å²) in [7, 11) is 5.76. The van der Waals surface area contributed by atoms with Crippen molar-refractivity contribution in [3.63, 3.8) is 0 Å². The van der Waals surface area contributed by atoms with Gasteiger partial charge in [-0.15, -0.1) is 0 Å². The van der Waals surface area contributed by atoms with Gasteiger partial charge in [-0.25, -0.2) is 15.0 Å². The Labute approximate surface area is 304 Å². The predicted molar refractivity (Wildman–Crippen MR) is 191 cm³/mol. The number of hydrogen-bond acceptors (Lipinski definition) is 11. The quantitative estimate of drug-likeness (QED) is 0.143. The highest BCUT2D eigenvalue weighted by atomic mass is 32.2. The number of amides is 4. The molecule has 4 rings (SSSR count). The molecule has 1 heterocycles. The summed E-state index contributed by atoms with van der Waals surface area (Å²) in [5.74, 6) is -2.27. The van der Waals surface area contributed by atoms with E-state index >= 15 is 0 Å². The molecular weight excluding hydrogens is 699 g/mol. The van der Waals surface area contributed by atoms with Gasteiger partial charge >= 0.3 is 5.97 Å². The van der Waals surface area contributed by atoms with Gasteiger partial charge in [-0.05, 0) is 93.6 Å². The van der Waals surface area contributed by atoms with Crippen LogP contribution in [-0.2, 0) is 28.8 Å².